The van der Waals surface area contributed by atoms with Gasteiger partial charge < -0.3 is 10.2 Å². The van der Waals surface area contributed by atoms with Gasteiger partial charge in [0.2, 0.25) is 9.74 Å². The fourth-order valence-corrected chi connectivity index (χ4v) is 2.53. The molecule has 25 heavy (non-hydrogen) atoms. The first-order valence-electron chi connectivity index (χ1n) is 8.20. The maximum atomic E-state index is 5.99. The van der Waals surface area contributed by atoms with Crippen molar-refractivity contribution in [2.75, 3.05) is 31.5 Å². The largest absolute Gasteiger partial charge is 0.353 e. The Labute approximate surface area is 163 Å². The molecule has 0 unspecified atom stereocenters. The molecule has 1 N–H and O–H groups in total. The molecular formula is C17H22Cl3N5. The number of halogens is 3. The van der Waals surface area contributed by atoms with Crippen LogP contribution in [0.3, 0.4) is 0 Å². The van der Waals surface area contributed by atoms with Gasteiger partial charge in [0.25, 0.3) is 0 Å². The van der Waals surface area contributed by atoms with Crippen molar-refractivity contribution in [3.63, 3.8) is 0 Å². The van der Waals surface area contributed by atoms with Crippen LogP contribution in [-0.4, -0.2) is 46.0 Å². The summed E-state index contributed by atoms with van der Waals surface area (Å²) < 4.78 is -1.71. The van der Waals surface area contributed by atoms with Crippen molar-refractivity contribution in [3.8, 4) is 11.4 Å². The average molecular weight is 403 g/mol. The average Bonchev–Trinajstić information content (AvgIpc) is 2.58. The van der Waals surface area contributed by atoms with Crippen molar-refractivity contribution in [1.29, 1.82) is 0 Å². The van der Waals surface area contributed by atoms with Gasteiger partial charge in [-0.25, -0.2) is 4.98 Å². The molecule has 1 heterocycles. The Morgan fingerprint density at radius 3 is 2.20 bits per heavy atom. The summed E-state index contributed by atoms with van der Waals surface area (Å²) in [4.78, 5) is 15.3. The Morgan fingerprint density at radius 2 is 1.64 bits per heavy atom. The van der Waals surface area contributed by atoms with Crippen LogP contribution >= 0.6 is 34.8 Å². The summed E-state index contributed by atoms with van der Waals surface area (Å²) >= 11 is 18.0. The van der Waals surface area contributed by atoms with Crippen LogP contribution in [0.15, 0.2) is 24.3 Å². The zero-order valence-corrected chi connectivity index (χ0v) is 16.8. The lowest BCUT2D eigenvalue weighted by Gasteiger charge is -2.18. The van der Waals surface area contributed by atoms with E-state index < -0.39 is 3.79 Å². The number of hydrogen-bond donors (Lipinski definition) is 1. The van der Waals surface area contributed by atoms with E-state index in [-0.39, 0.29) is 5.82 Å². The van der Waals surface area contributed by atoms with E-state index in [4.69, 9.17) is 34.8 Å². The minimum atomic E-state index is -1.71. The molecule has 2 rings (SSSR count). The topological polar surface area (TPSA) is 53.9 Å². The molecule has 2 aromatic rings. The third kappa shape index (κ3) is 5.96. The highest BCUT2D eigenvalue weighted by molar-refractivity contribution is 6.66. The first-order chi connectivity index (χ1) is 11.8. The summed E-state index contributed by atoms with van der Waals surface area (Å²) in [5.41, 5.74) is 1.99. The molecule has 0 bridgehead atoms. The SMILES string of the molecule is CCN(CC)CCNc1nc(-c2ccc(C)cc2)nc(C(Cl)(Cl)Cl)n1. The molecule has 1 aromatic carbocycles. The molecule has 136 valence electrons. The highest BCUT2D eigenvalue weighted by atomic mass is 35.6. The highest BCUT2D eigenvalue weighted by Gasteiger charge is 2.28. The van der Waals surface area contributed by atoms with Gasteiger partial charge in [-0.1, -0.05) is 78.5 Å². The molecule has 8 heteroatoms. The predicted molar refractivity (Wildman–Crippen MR) is 106 cm³/mol. The van der Waals surface area contributed by atoms with E-state index in [0.717, 1.165) is 30.8 Å². The third-order valence-electron chi connectivity index (χ3n) is 3.80. The van der Waals surface area contributed by atoms with Crippen LogP contribution in [0.25, 0.3) is 11.4 Å². The Bertz CT molecular complexity index is 682. The van der Waals surface area contributed by atoms with Crippen LogP contribution in [0.5, 0.6) is 0 Å². The number of anilines is 1. The zero-order chi connectivity index (χ0) is 18.4. The van der Waals surface area contributed by atoms with Crippen molar-refractivity contribution in [2.45, 2.75) is 24.6 Å². The van der Waals surface area contributed by atoms with E-state index in [1.54, 1.807) is 0 Å². The molecule has 5 nitrogen and oxygen atoms in total. The lowest BCUT2D eigenvalue weighted by Crippen LogP contribution is -2.29. The van der Waals surface area contributed by atoms with Crippen LogP contribution in [0.4, 0.5) is 5.95 Å². The molecule has 0 spiro atoms. The number of benzene rings is 1. The molecule has 0 fully saturated rings. The summed E-state index contributed by atoms with van der Waals surface area (Å²) in [7, 11) is 0. The Kier molecular flexibility index (Phi) is 7.25. The first kappa shape index (κ1) is 20.2. The van der Waals surface area contributed by atoms with Crippen molar-refractivity contribution in [1.82, 2.24) is 19.9 Å². The van der Waals surface area contributed by atoms with E-state index in [2.05, 4.69) is 39.0 Å². The Hall–Kier alpha value is -1.14. The van der Waals surface area contributed by atoms with Gasteiger partial charge in [0.05, 0.1) is 0 Å². The van der Waals surface area contributed by atoms with Crippen molar-refractivity contribution >= 4 is 40.8 Å². The summed E-state index contributed by atoms with van der Waals surface area (Å²) in [6, 6.07) is 7.85. The molecule has 0 aliphatic carbocycles. The Balaban J connectivity index is 2.26. The molecule has 0 radical (unpaired) electrons. The van der Waals surface area contributed by atoms with E-state index in [0.29, 0.717) is 18.3 Å². The molecule has 0 saturated heterocycles. The second-order valence-corrected chi connectivity index (χ2v) is 7.90. The molecule has 0 aliphatic heterocycles. The number of aromatic nitrogens is 3. The quantitative estimate of drug-likeness (QED) is 0.694. The standard InChI is InChI=1S/C17H22Cl3N5/c1-4-25(5-2)11-10-21-16-23-14(13-8-6-12(3)7-9-13)22-15(24-16)17(18,19)20/h6-9H,4-5,10-11H2,1-3H3,(H,21,22,23,24). The van der Waals surface area contributed by atoms with E-state index >= 15 is 0 Å². The molecule has 0 aliphatic rings. The van der Waals surface area contributed by atoms with Crippen molar-refractivity contribution in [3.05, 3.63) is 35.7 Å². The number of alkyl halides is 3. The summed E-state index contributed by atoms with van der Waals surface area (Å²) in [6.07, 6.45) is 0. The number of aryl methyl sites for hydroxylation is 1. The molecule has 0 saturated carbocycles. The van der Waals surface area contributed by atoms with Crippen LogP contribution in [-0.2, 0) is 3.79 Å². The van der Waals surface area contributed by atoms with Crippen molar-refractivity contribution < 1.29 is 0 Å². The lowest BCUT2D eigenvalue weighted by atomic mass is 10.1. The normalized spacial score (nSPS) is 11.8. The summed E-state index contributed by atoms with van der Waals surface area (Å²) in [6.45, 7) is 9.82. The van der Waals surface area contributed by atoms with Gasteiger partial charge in [-0.2, -0.15) is 9.97 Å². The number of rotatable bonds is 7. The van der Waals surface area contributed by atoms with Gasteiger partial charge in [-0.05, 0) is 20.0 Å². The number of likely N-dealkylation sites (N-methyl/N-ethyl adjacent to an activating group) is 1. The summed E-state index contributed by atoms with van der Waals surface area (Å²) in [5.74, 6) is 0.981. The maximum Gasteiger partial charge on any atom is 0.250 e. The van der Waals surface area contributed by atoms with Crippen LogP contribution < -0.4 is 5.32 Å². The molecular weight excluding hydrogens is 381 g/mol. The van der Waals surface area contributed by atoms with Gasteiger partial charge in [0.1, 0.15) is 0 Å². The monoisotopic (exact) mass is 401 g/mol. The first-order valence-corrected chi connectivity index (χ1v) is 9.33. The van der Waals surface area contributed by atoms with Gasteiger partial charge in [-0.15, -0.1) is 0 Å². The molecule has 0 atom stereocenters. The van der Waals surface area contributed by atoms with E-state index in [1.807, 2.05) is 31.2 Å². The maximum absolute atomic E-state index is 5.99. The summed E-state index contributed by atoms with van der Waals surface area (Å²) in [5, 5.41) is 3.20. The smallest absolute Gasteiger partial charge is 0.250 e. The Morgan fingerprint density at radius 1 is 1.00 bits per heavy atom. The van der Waals surface area contributed by atoms with E-state index in [1.165, 1.54) is 0 Å². The third-order valence-corrected chi connectivity index (χ3v) is 4.31. The second kappa shape index (κ2) is 8.99. The van der Waals surface area contributed by atoms with Gasteiger partial charge in [0.15, 0.2) is 11.6 Å². The van der Waals surface area contributed by atoms with Crippen LogP contribution in [0.1, 0.15) is 25.2 Å². The minimum absolute atomic E-state index is 0.105. The molecule has 1 aromatic heterocycles. The number of nitrogens with one attached hydrogen (secondary N) is 1. The van der Waals surface area contributed by atoms with Gasteiger partial charge in [-0.3, -0.25) is 0 Å². The number of hydrogen-bond acceptors (Lipinski definition) is 5. The fraction of sp³-hybridized carbons (Fsp3) is 0.471. The van der Waals surface area contributed by atoms with E-state index in [9.17, 15) is 0 Å². The predicted octanol–water partition coefficient (Wildman–Crippen LogP) is 4.43. The van der Waals surface area contributed by atoms with Gasteiger partial charge >= 0.3 is 0 Å². The second-order valence-electron chi connectivity index (χ2n) is 5.62. The van der Waals surface area contributed by atoms with Crippen LogP contribution in [0.2, 0.25) is 0 Å². The van der Waals surface area contributed by atoms with Gasteiger partial charge in [0, 0.05) is 18.7 Å². The highest BCUT2D eigenvalue weighted by Crippen LogP contribution is 2.36. The van der Waals surface area contributed by atoms with Crippen molar-refractivity contribution in [2.24, 2.45) is 0 Å². The lowest BCUT2D eigenvalue weighted by molar-refractivity contribution is 0.316. The number of nitrogens with zero attached hydrogens (tertiary/aromatic N) is 4. The zero-order valence-electron chi connectivity index (χ0n) is 14.6. The molecule has 0 amide bonds. The minimum Gasteiger partial charge on any atom is -0.353 e. The fourth-order valence-electron chi connectivity index (χ4n) is 2.28. The van der Waals surface area contributed by atoms with Crippen LogP contribution in [0, 0.1) is 6.92 Å².